The summed E-state index contributed by atoms with van der Waals surface area (Å²) in [6.45, 7) is 4.85. The Morgan fingerprint density at radius 2 is 2.21 bits per heavy atom. The van der Waals surface area contributed by atoms with Gasteiger partial charge in [-0.3, -0.25) is 9.36 Å². The first-order chi connectivity index (χ1) is 9.02. The topological polar surface area (TPSA) is 55.9 Å². The molecule has 0 aliphatic carbocycles. The summed E-state index contributed by atoms with van der Waals surface area (Å²) in [4.78, 5) is 0. The summed E-state index contributed by atoms with van der Waals surface area (Å²) in [5.41, 5.74) is 2.56. The molecule has 104 valence electrons. The molecule has 2 rings (SSSR count). The fourth-order valence-electron chi connectivity index (χ4n) is 2.12. The minimum Gasteiger partial charge on any atom is -0.388 e. The lowest BCUT2D eigenvalue weighted by Gasteiger charge is -2.08. The van der Waals surface area contributed by atoms with Crippen LogP contribution in [0.5, 0.6) is 0 Å². The van der Waals surface area contributed by atoms with Crippen LogP contribution in [0.4, 0.5) is 0 Å². The van der Waals surface area contributed by atoms with Crippen LogP contribution in [0, 0.1) is 6.92 Å². The maximum absolute atomic E-state index is 10.3. The number of aromatic nitrogens is 4. The molecule has 0 saturated carbocycles. The summed E-state index contributed by atoms with van der Waals surface area (Å²) < 4.78 is 3.47. The lowest BCUT2D eigenvalue weighted by atomic mass is 10.1. The molecular weight excluding hydrogens is 264 g/mol. The Morgan fingerprint density at radius 1 is 1.47 bits per heavy atom. The van der Waals surface area contributed by atoms with Crippen molar-refractivity contribution in [3.63, 3.8) is 0 Å². The van der Waals surface area contributed by atoms with Crippen molar-refractivity contribution in [3.05, 3.63) is 34.4 Å². The molecule has 1 atom stereocenters. The van der Waals surface area contributed by atoms with Crippen molar-refractivity contribution in [3.8, 4) is 0 Å². The van der Waals surface area contributed by atoms with Crippen LogP contribution in [-0.2, 0) is 20.0 Å². The standard InChI is InChI=1S/C13H19ClN4O/c1-4-5-18-8-10(7-15-18)12(19)6-11-9(2)16-17(3)13(11)14/h7-8,12,19H,4-6H2,1-3H3. The molecule has 0 saturated heterocycles. The molecule has 2 aromatic heterocycles. The van der Waals surface area contributed by atoms with Gasteiger partial charge in [0.2, 0.25) is 0 Å². The number of aliphatic hydroxyl groups is 1. The van der Waals surface area contributed by atoms with Crippen LogP contribution < -0.4 is 0 Å². The third kappa shape index (κ3) is 2.98. The van der Waals surface area contributed by atoms with Crippen LogP contribution in [0.3, 0.4) is 0 Å². The van der Waals surface area contributed by atoms with Gasteiger partial charge in [0, 0.05) is 37.3 Å². The maximum Gasteiger partial charge on any atom is 0.130 e. The van der Waals surface area contributed by atoms with E-state index in [0.717, 1.165) is 29.8 Å². The Kier molecular flexibility index (Phi) is 4.27. The maximum atomic E-state index is 10.3. The predicted molar refractivity (Wildman–Crippen MR) is 74.1 cm³/mol. The molecule has 19 heavy (non-hydrogen) atoms. The van der Waals surface area contributed by atoms with Crippen LogP contribution in [0.1, 0.15) is 36.3 Å². The Balaban J connectivity index is 2.13. The summed E-state index contributed by atoms with van der Waals surface area (Å²) in [5.74, 6) is 0. The summed E-state index contributed by atoms with van der Waals surface area (Å²) >= 11 is 6.17. The van der Waals surface area contributed by atoms with E-state index in [1.165, 1.54) is 0 Å². The van der Waals surface area contributed by atoms with Crippen molar-refractivity contribution >= 4 is 11.6 Å². The summed E-state index contributed by atoms with van der Waals surface area (Å²) in [6.07, 6.45) is 4.46. The molecule has 0 aliphatic heterocycles. The van der Waals surface area contributed by atoms with Crippen molar-refractivity contribution < 1.29 is 5.11 Å². The summed E-state index contributed by atoms with van der Waals surface area (Å²) in [7, 11) is 1.80. The number of nitrogens with zero attached hydrogens (tertiary/aromatic N) is 4. The quantitative estimate of drug-likeness (QED) is 0.915. The van der Waals surface area contributed by atoms with Crippen LogP contribution in [0.15, 0.2) is 12.4 Å². The molecular formula is C13H19ClN4O. The lowest BCUT2D eigenvalue weighted by Crippen LogP contribution is -2.02. The van der Waals surface area contributed by atoms with E-state index >= 15 is 0 Å². The van der Waals surface area contributed by atoms with Crippen molar-refractivity contribution in [2.75, 3.05) is 0 Å². The van der Waals surface area contributed by atoms with Crippen LogP contribution in [0.25, 0.3) is 0 Å². The Hall–Kier alpha value is -1.33. The highest BCUT2D eigenvalue weighted by molar-refractivity contribution is 6.30. The minimum atomic E-state index is -0.606. The highest BCUT2D eigenvalue weighted by atomic mass is 35.5. The van der Waals surface area contributed by atoms with E-state index in [1.807, 2.05) is 17.8 Å². The molecule has 0 aliphatic rings. The molecule has 0 fully saturated rings. The minimum absolute atomic E-state index is 0.455. The zero-order chi connectivity index (χ0) is 14.0. The first-order valence-corrected chi connectivity index (χ1v) is 6.79. The predicted octanol–water partition coefficient (Wildman–Crippen LogP) is 2.26. The van der Waals surface area contributed by atoms with Gasteiger partial charge in [0.1, 0.15) is 5.15 Å². The number of aliphatic hydroxyl groups excluding tert-OH is 1. The van der Waals surface area contributed by atoms with Gasteiger partial charge in [-0.05, 0) is 13.3 Å². The second kappa shape index (κ2) is 5.75. The first kappa shape index (κ1) is 14.1. The average Bonchev–Trinajstić information content (AvgIpc) is 2.91. The van der Waals surface area contributed by atoms with E-state index in [-0.39, 0.29) is 0 Å². The van der Waals surface area contributed by atoms with E-state index in [4.69, 9.17) is 11.6 Å². The number of hydrogen-bond acceptors (Lipinski definition) is 3. The SMILES string of the molecule is CCCn1cc(C(O)Cc2c(C)nn(C)c2Cl)cn1. The Morgan fingerprint density at radius 3 is 2.79 bits per heavy atom. The monoisotopic (exact) mass is 282 g/mol. The highest BCUT2D eigenvalue weighted by Gasteiger charge is 2.17. The Bertz CT molecular complexity index is 561. The van der Waals surface area contributed by atoms with Gasteiger partial charge in [-0.15, -0.1) is 0 Å². The molecule has 5 nitrogen and oxygen atoms in total. The van der Waals surface area contributed by atoms with Crippen molar-refractivity contribution in [2.45, 2.75) is 39.3 Å². The average molecular weight is 283 g/mol. The normalized spacial score (nSPS) is 12.9. The molecule has 6 heteroatoms. The summed E-state index contributed by atoms with van der Waals surface area (Å²) in [5, 5.41) is 19.3. The number of halogens is 1. The smallest absolute Gasteiger partial charge is 0.130 e. The van der Waals surface area contributed by atoms with Crippen molar-refractivity contribution in [2.24, 2.45) is 7.05 Å². The third-order valence-corrected chi connectivity index (χ3v) is 3.63. The second-order valence-corrected chi connectivity index (χ2v) is 5.09. The van der Waals surface area contributed by atoms with E-state index in [9.17, 15) is 5.11 Å². The molecule has 0 aromatic carbocycles. The van der Waals surface area contributed by atoms with E-state index < -0.39 is 6.10 Å². The third-order valence-electron chi connectivity index (χ3n) is 3.16. The highest BCUT2D eigenvalue weighted by Crippen LogP contribution is 2.25. The van der Waals surface area contributed by atoms with Gasteiger partial charge in [-0.1, -0.05) is 18.5 Å². The number of aryl methyl sites for hydroxylation is 3. The van der Waals surface area contributed by atoms with Gasteiger partial charge in [0.15, 0.2) is 0 Å². The molecule has 1 unspecified atom stereocenters. The van der Waals surface area contributed by atoms with Gasteiger partial charge in [0.05, 0.1) is 18.0 Å². The fraction of sp³-hybridized carbons (Fsp3) is 0.538. The van der Waals surface area contributed by atoms with E-state index in [0.29, 0.717) is 11.6 Å². The van der Waals surface area contributed by atoms with Crippen LogP contribution >= 0.6 is 11.6 Å². The molecule has 0 amide bonds. The molecule has 0 bridgehead atoms. The molecule has 0 spiro atoms. The molecule has 2 heterocycles. The second-order valence-electron chi connectivity index (χ2n) is 4.74. The lowest BCUT2D eigenvalue weighted by molar-refractivity contribution is 0.178. The zero-order valence-electron chi connectivity index (χ0n) is 11.5. The summed E-state index contributed by atoms with van der Waals surface area (Å²) in [6, 6.07) is 0. The molecule has 1 N–H and O–H groups in total. The van der Waals surface area contributed by atoms with Crippen LogP contribution in [0.2, 0.25) is 5.15 Å². The van der Waals surface area contributed by atoms with Crippen LogP contribution in [-0.4, -0.2) is 24.7 Å². The van der Waals surface area contributed by atoms with E-state index in [1.54, 1.807) is 17.9 Å². The molecule has 2 aromatic rings. The number of hydrogen-bond donors (Lipinski definition) is 1. The first-order valence-electron chi connectivity index (χ1n) is 6.41. The van der Waals surface area contributed by atoms with Gasteiger partial charge in [-0.2, -0.15) is 10.2 Å². The number of rotatable bonds is 5. The largest absolute Gasteiger partial charge is 0.388 e. The molecule has 0 radical (unpaired) electrons. The van der Waals surface area contributed by atoms with Gasteiger partial charge in [0.25, 0.3) is 0 Å². The fourth-order valence-corrected chi connectivity index (χ4v) is 2.37. The Labute approximate surface area is 117 Å². The van der Waals surface area contributed by atoms with Crippen molar-refractivity contribution in [1.29, 1.82) is 0 Å². The zero-order valence-corrected chi connectivity index (χ0v) is 12.2. The van der Waals surface area contributed by atoms with Gasteiger partial charge in [-0.25, -0.2) is 0 Å². The van der Waals surface area contributed by atoms with Gasteiger partial charge < -0.3 is 5.11 Å². The van der Waals surface area contributed by atoms with Gasteiger partial charge >= 0.3 is 0 Å². The van der Waals surface area contributed by atoms with Crippen molar-refractivity contribution in [1.82, 2.24) is 19.6 Å². The van der Waals surface area contributed by atoms with E-state index in [2.05, 4.69) is 17.1 Å².